The van der Waals surface area contributed by atoms with Crippen molar-refractivity contribution in [2.75, 3.05) is 13.2 Å². The molecule has 1 aliphatic heterocycles. The maximum atomic E-state index is 13.0. The number of carbonyl (C=O) groups excluding carboxylic acids is 1. The number of amides is 1. The largest absolute Gasteiger partial charge is 0.394 e. The summed E-state index contributed by atoms with van der Waals surface area (Å²) < 4.78 is 11.2. The second kappa shape index (κ2) is 38.2. The lowest BCUT2D eigenvalue weighted by atomic mass is 9.99. The van der Waals surface area contributed by atoms with E-state index < -0.39 is 49.5 Å². The van der Waals surface area contributed by atoms with E-state index in [9.17, 15) is 30.3 Å². The van der Waals surface area contributed by atoms with Crippen molar-refractivity contribution in [2.45, 2.75) is 269 Å². The summed E-state index contributed by atoms with van der Waals surface area (Å²) in [6, 6.07) is -0.798. The molecule has 9 heteroatoms. The predicted octanol–water partition coefficient (Wildman–Crippen LogP) is 10.1. The third kappa shape index (κ3) is 28.4. The van der Waals surface area contributed by atoms with Gasteiger partial charge in [-0.25, -0.2) is 0 Å². The fourth-order valence-corrected chi connectivity index (χ4v) is 7.75. The average molecular weight is 798 g/mol. The van der Waals surface area contributed by atoms with Crippen LogP contribution in [0, 0.1) is 0 Å². The van der Waals surface area contributed by atoms with Crippen LogP contribution in [0.2, 0.25) is 0 Å². The summed E-state index contributed by atoms with van der Waals surface area (Å²) in [7, 11) is 0. The molecular weight excluding hydrogens is 707 g/mol. The Morgan fingerprint density at radius 1 is 0.589 bits per heavy atom. The fourth-order valence-electron chi connectivity index (χ4n) is 7.75. The second-order valence-corrected chi connectivity index (χ2v) is 16.9. The van der Waals surface area contributed by atoms with Gasteiger partial charge in [-0.1, -0.05) is 212 Å². The minimum Gasteiger partial charge on any atom is -0.394 e. The Balaban J connectivity index is 2.33. The molecule has 1 amide bonds. The van der Waals surface area contributed by atoms with Crippen molar-refractivity contribution in [3.8, 4) is 0 Å². The van der Waals surface area contributed by atoms with Crippen LogP contribution in [0.25, 0.3) is 0 Å². The molecule has 0 aromatic heterocycles. The van der Waals surface area contributed by atoms with Crippen molar-refractivity contribution in [3.05, 3.63) is 12.2 Å². The van der Waals surface area contributed by atoms with E-state index in [1.807, 2.05) is 6.08 Å². The number of ether oxygens (including phenoxy) is 2. The zero-order chi connectivity index (χ0) is 40.9. The highest BCUT2D eigenvalue weighted by atomic mass is 16.7. The lowest BCUT2D eigenvalue weighted by molar-refractivity contribution is -0.302. The van der Waals surface area contributed by atoms with Crippen molar-refractivity contribution in [1.29, 1.82) is 0 Å². The minimum absolute atomic E-state index is 0.173. The Kier molecular flexibility index (Phi) is 36.1. The van der Waals surface area contributed by atoms with Crippen LogP contribution in [0.5, 0.6) is 0 Å². The van der Waals surface area contributed by atoms with Gasteiger partial charge in [-0.05, 0) is 19.3 Å². The van der Waals surface area contributed by atoms with Gasteiger partial charge < -0.3 is 40.3 Å². The molecule has 2 unspecified atom stereocenters. The van der Waals surface area contributed by atoms with Gasteiger partial charge in [-0.3, -0.25) is 4.79 Å². The molecular formula is C47H91NO8. The Morgan fingerprint density at radius 3 is 1.39 bits per heavy atom. The predicted molar refractivity (Wildman–Crippen MR) is 231 cm³/mol. The van der Waals surface area contributed by atoms with Crippen LogP contribution in [0.1, 0.15) is 226 Å². The summed E-state index contributed by atoms with van der Waals surface area (Å²) >= 11 is 0. The molecule has 0 aromatic rings. The van der Waals surface area contributed by atoms with E-state index in [1.54, 1.807) is 6.08 Å². The Bertz CT molecular complexity index is 888. The number of hydrogen-bond acceptors (Lipinski definition) is 8. The Labute approximate surface area is 344 Å². The first-order valence-corrected chi connectivity index (χ1v) is 23.9. The highest BCUT2D eigenvalue weighted by Gasteiger charge is 2.44. The standard InChI is InChI=1S/C47H91NO8/c1-3-5-7-9-11-13-15-17-19-21-22-24-26-28-30-32-34-36-41(50)40(39-55-47-46(54)45(53)44(52)42(38-49)56-47)48-43(51)37-35-33-31-29-27-25-23-20-18-16-14-12-10-8-6-4-2/h34,36,40-42,44-47,49-50,52-54H,3-33,35,37-39H2,1-2H3,(H,48,51)/b36-34+/t40-,41+,42+,44-,45?,46?,47+/m0/s1. The van der Waals surface area contributed by atoms with Gasteiger partial charge in [0.25, 0.3) is 0 Å². The van der Waals surface area contributed by atoms with Crippen molar-refractivity contribution in [2.24, 2.45) is 0 Å². The van der Waals surface area contributed by atoms with Crippen LogP contribution in [0.3, 0.4) is 0 Å². The van der Waals surface area contributed by atoms with Gasteiger partial charge in [0.15, 0.2) is 6.29 Å². The van der Waals surface area contributed by atoms with Gasteiger partial charge in [0, 0.05) is 6.42 Å². The average Bonchev–Trinajstić information content (AvgIpc) is 3.20. The molecule has 1 saturated heterocycles. The molecule has 56 heavy (non-hydrogen) atoms. The first-order chi connectivity index (χ1) is 27.3. The molecule has 0 radical (unpaired) electrons. The number of aliphatic hydroxyl groups is 5. The number of nitrogens with one attached hydrogen (secondary N) is 1. The number of unbranched alkanes of at least 4 members (excludes halogenated alkanes) is 30. The van der Waals surface area contributed by atoms with Gasteiger partial charge in [-0.15, -0.1) is 0 Å². The monoisotopic (exact) mass is 798 g/mol. The minimum atomic E-state index is -1.56. The van der Waals surface area contributed by atoms with E-state index in [0.29, 0.717) is 6.42 Å². The lowest BCUT2D eigenvalue weighted by Crippen LogP contribution is -2.60. The summed E-state index contributed by atoms with van der Waals surface area (Å²) in [5.74, 6) is -0.173. The highest BCUT2D eigenvalue weighted by molar-refractivity contribution is 5.76. The van der Waals surface area contributed by atoms with Crippen molar-refractivity contribution >= 4 is 5.91 Å². The number of carbonyl (C=O) groups is 1. The quantitative estimate of drug-likeness (QED) is 0.0265. The van der Waals surface area contributed by atoms with Crippen LogP contribution in [-0.2, 0) is 14.3 Å². The maximum Gasteiger partial charge on any atom is 0.220 e. The Morgan fingerprint density at radius 2 is 0.982 bits per heavy atom. The zero-order valence-corrected chi connectivity index (χ0v) is 36.4. The molecule has 6 N–H and O–H groups in total. The number of allylic oxidation sites excluding steroid dienone is 1. The van der Waals surface area contributed by atoms with Gasteiger partial charge in [0.05, 0.1) is 25.4 Å². The summed E-state index contributed by atoms with van der Waals surface area (Å²) in [6.45, 7) is 3.79. The van der Waals surface area contributed by atoms with E-state index in [1.165, 1.54) is 167 Å². The molecule has 0 aliphatic carbocycles. The number of hydrogen-bond donors (Lipinski definition) is 6. The molecule has 1 rings (SSSR count). The first kappa shape index (κ1) is 52.9. The normalized spacial score (nSPS) is 21.2. The van der Waals surface area contributed by atoms with E-state index in [2.05, 4.69) is 19.2 Å². The first-order valence-electron chi connectivity index (χ1n) is 23.9. The fraction of sp³-hybridized carbons (Fsp3) is 0.936. The molecule has 7 atom stereocenters. The molecule has 0 saturated carbocycles. The summed E-state index contributed by atoms with van der Waals surface area (Å²) in [4.78, 5) is 13.0. The summed E-state index contributed by atoms with van der Waals surface area (Å²) in [6.07, 6.45) is 36.8. The van der Waals surface area contributed by atoms with E-state index >= 15 is 0 Å². The van der Waals surface area contributed by atoms with E-state index in [0.717, 1.165) is 38.5 Å². The van der Waals surface area contributed by atoms with Gasteiger partial charge in [-0.2, -0.15) is 0 Å². The molecule has 0 aromatic carbocycles. The SMILES string of the molecule is CCCCCCCCCCCCCCCCC/C=C/[C@@H](O)[C@H](CO[C@@H]1O[C@H](CO)[C@H](O)C(O)C1O)NC(=O)CCCCCCCCCCCCCCCCCC. The van der Waals surface area contributed by atoms with E-state index in [-0.39, 0.29) is 12.5 Å². The number of rotatable bonds is 40. The number of aliphatic hydroxyl groups excluding tert-OH is 5. The maximum absolute atomic E-state index is 13.0. The van der Waals surface area contributed by atoms with Crippen molar-refractivity contribution in [1.82, 2.24) is 5.32 Å². The van der Waals surface area contributed by atoms with Gasteiger partial charge >= 0.3 is 0 Å². The highest BCUT2D eigenvalue weighted by Crippen LogP contribution is 2.23. The summed E-state index contributed by atoms with van der Waals surface area (Å²) in [5, 5.41) is 54.2. The molecule has 0 bridgehead atoms. The third-order valence-electron chi connectivity index (χ3n) is 11.6. The van der Waals surface area contributed by atoms with Crippen LogP contribution >= 0.6 is 0 Å². The molecule has 1 heterocycles. The van der Waals surface area contributed by atoms with Crippen LogP contribution < -0.4 is 5.32 Å². The second-order valence-electron chi connectivity index (χ2n) is 16.9. The lowest BCUT2D eigenvalue weighted by Gasteiger charge is -2.40. The van der Waals surface area contributed by atoms with Crippen molar-refractivity contribution < 1.29 is 39.8 Å². The molecule has 0 spiro atoms. The zero-order valence-electron chi connectivity index (χ0n) is 36.4. The Hall–Kier alpha value is -1.07. The van der Waals surface area contributed by atoms with E-state index in [4.69, 9.17) is 9.47 Å². The van der Waals surface area contributed by atoms with Gasteiger partial charge in [0.2, 0.25) is 5.91 Å². The third-order valence-corrected chi connectivity index (χ3v) is 11.6. The van der Waals surface area contributed by atoms with Crippen LogP contribution in [0.15, 0.2) is 12.2 Å². The van der Waals surface area contributed by atoms with Crippen LogP contribution in [0.4, 0.5) is 0 Å². The molecule has 9 nitrogen and oxygen atoms in total. The summed E-state index contributed by atoms with van der Waals surface area (Å²) in [5.41, 5.74) is 0. The van der Waals surface area contributed by atoms with Crippen molar-refractivity contribution in [3.63, 3.8) is 0 Å². The smallest absolute Gasteiger partial charge is 0.220 e. The molecule has 1 fully saturated rings. The van der Waals surface area contributed by atoms with Crippen LogP contribution in [-0.4, -0.2) is 87.5 Å². The van der Waals surface area contributed by atoms with Gasteiger partial charge in [0.1, 0.15) is 24.4 Å². The molecule has 1 aliphatic rings. The topological polar surface area (TPSA) is 149 Å². The molecule has 332 valence electrons.